The van der Waals surface area contributed by atoms with Crippen LogP contribution in [0.3, 0.4) is 0 Å². The molecule has 32 heavy (non-hydrogen) atoms. The molecule has 0 spiro atoms. The molecule has 0 unspecified atom stereocenters. The number of likely N-dealkylation sites (tertiary alicyclic amines) is 1. The first-order valence-electron chi connectivity index (χ1n) is 11.0. The standard InChI is InChI=1S/C25H27N3O4/c26-16-19-3-5-21(6-4-19)25(30)28-11-1-2-20(17-28)18-32-23-9-7-22(8-10-23)24(29)27-12-14-31-15-13-27/h3-10,20H,1-2,11-15,17-18H2/t20-/m1/s1. The van der Waals surface area contributed by atoms with Crippen molar-refractivity contribution in [2.24, 2.45) is 5.92 Å². The van der Waals surface area contributed by atoms with Crippen molar-refractivity contribution in [3.05, 3.63) is 65.2 Å². The molecule has 2 heterocycles. The first-order chi connectivity index (χ1) is 15.6. The number of benzene rings is 2. The SMILES string of the molecule is N#Cc1ccc(C(=O)N2CCC[C@@H](COc3ccc(C(=O)N4CCOCC4)cc3)C2)cc1. The van der Waals surface area contributed by atoms with Crippen molar-refractivity contribution < 1.29 is 19.1 Å². The Kier molecular flexibility index (Phi) is 7.03. The highest BCUT2D eigenvalue weighted by molar-refractivity contribution is 5.95. The van der Waals surface area contributed by atoms with Crippen molar-refractivity contribution >= 4 is 11.8 Å². The van der Waals surface area contributed by atoms with E-state index in [2.05, 4.69) is 6.07 Å². The number of nitrogens with zero attached hydrogens (tertiary/aromatic N) is 3. The lowest BCUT2D eigenvalue weighted by Gasteiger charge is -2.32. The summed E-state index contributed by atoms with van der Waals surface area (Å²) in [5, 5.41) is 8.92. The van der Waals surface area contributed by atoms with E-state index in [4.69, 9.17) is 14.7 Å². The molecule has 2 aromatic carbocycles. The average Bonchev–Trinajstić information content (AvgIpc) is 2.87. The molecule has 2 aromatic rings. The van der Waals surface area contributed by atoms with Gasteiger partial charge in [0, 0.05) is 43.2 Å². The van der Waals surface area contributed by atoms with Gasteiger partial charge in [0.1, 0.15) is 5.75 Å². The van der Waals surface area contributed by atoms with E-state index in [0.29, 0.717) is 56.1 Å². The molecule has 0 bridgehead atoms. The van der Waals surface area contributed by atoms with E-state index in [1.54, 1.807) is 41.3 Å². The van der Waals surface area contributed by atoms with Gasteiger partial charge >= 0.3 is 0 Å². The van der Waals surface area contributed by atoms with E-state index < -0.39 is 0 Å². The van der Waals surface area contributed by atoms with Gasteiger partial charge in [0.05, 0.1) is 31.5 Å². The maximum absolute atomic E-state index is 12.8. The van der Waals surface area contributed by atoms with Crippen LogP contribution in [0.15, 0.2) is 48.5 Å². The minimum Gasteiger partial charge on any atom is -0.493 e. The summed E-state index contributed by atoms with van der Waals surface area (Å²) in [5.41, 5.74) is 1.80. The van der Waals surface area contributed by atoms with E-state index in [1.165, 1.54) is 0 Å². The Bertz CT molecular complexity index is 976. The van der Waals surface area contributed by atoms with E-state index >= 15 is 0 Å². The van der Waals surface area contributed by atoms with Gasteiger partial charge in [-0.05, 0) is 61.4 Å². The second-order valence-corrected chi connectivity index (χ2v) is 8.19. The summed E-state index contributed by atoms with van der Waals surface area (Å²) in [6.45, 7) is 4.30. The molecule has 0 N–H and O–H groups in total. The number of piperidine rings is 1. The molecule has 0 radical (unpaired) electrons. The largest absolute Gasteiger partial charge is 0.493 e. The average molecular weight is 434 g/mol. The van der Waals surface area contributed by atoms with Gasteiger partial charge in [0.2, 0.25) is 0 Å². The minimum atomic E-state index is -0.00910. The molecule has 7 nitrogen and oxygen atoms in total. The van der Waals surface area contributed by atoms with Gasteiger partial charge in [-0.1, -0.05) is 0 Å². The van der Waals surface area contributed by atoms with Crippen molar-refractivity contribution in [1.29, 1.82) is 5.26 Å². The van der Waals surface area contributed by atoms with E-state index in [0.717, 1.165) is 25.1 Å². The fourth-order valence-electron chi connectivity index (χ4n) is 4.11. The molecular formula is C25H27N3O4. The summed E-state index contributed by atoms with van der Waals surface area (Å²) in [7, 11) is 0. The highest BCUT2D eigenvalue weighted by Crippen LogP contribution is 2.21. The van der Waals surface area contributed by atoms with Crippen LogP contribution in [-0.2, 0) is 4.74 Å². The van der Waals surface area contributed by atoms with Crippen LogP contribution in [0, 0.1) is 17.2 Å². The van der Waals surface area contributed by atoms with Crippen molar-refractivity contribution in [3.63, 3.8) is 0 Å². The number of carbonyl (C=O) groups is 2. The molecule has 2 saturated heterocycles. The topological polar surface area (TPSA) is 82.9 Å². The summed E-state index contributed by atoms with van der Waals surface area (Å²) in [5.74, 6) is 0.981. The second-order valence-electron chi connectivity index (χ2n) is 8.19. The highest BCUT2D eigenvalue weighted by Gasteiger charge is 2.25. The molecule has 2 aliphatic rings. The monoisotopic (exact) mass is 433 g/mol. The Morgan fingerprint density at radius 2 is 1.56 bits per heavy atom. The smallest absolute Gasteiger partial charge is 0.254 e. The second kappa shape index (κ2) is 10.3. The third kappa shape index (κ3) is 5.27. The molecule has 0 saturated carbocycles. The molecule has 2 aliphatic heterocycles. The summed E-state index contributed by atoms with van der Waals surface area (Å²) in [4.78, 5) is 29.0. The molecule has 1 atom stereocenters. The Balaban J connectivity index is 1.29. The van der Waals surface area contributed by atoms with E-state index in [1.807, 2.05) is 17.0 Å². The van der Waals surface area contributed by atoms with Gasteiger partial charge in [-0.15, -0.1) is 0 Å². The molecular weight excluding hydrogens is 406 g/mol. The van der Waals surface area contributed by atoms with Gasteiger partial charge in [-0.3, -0.25) is 9.59 Å². The molecule has 166 valence electrons. The quantitative estimate of drug-likeness (QED) is 0.724. The Morgan fingerprint density at radius 3 is 2.22 bits per heavy atom. The van der Waals surface area contributed by atoms with Crippen LogP contribution < -0.4 is 4.74 Å². The zero-order valence-corrected chi connectivity index (χ0v) is 18.0. The first-order valence-corrected chi connectivity index (χ1v) is 11.0. The van der Waals surface area contributed by atoms with Crippen molar-refractivity contribution in [1.82, 2.24) is 9.80 Å². The zero-order chi connectivity index (χ0) is 22.3. The van der Waals surface area contributed by atoms with Gasteiger partial charge in [-0.25, -0.2) is 0 Å². The third-order valence-electron chi connectivity index (χ3n) is 5.95. The number of ether oxygens (including phenoxy) is 2. The lowest BCUT2D eigenvalue weighted by molar-refractivity contribution is 0.0303. The van der Waals surface area contributed by atoms with Crippen LogP contribution in [0.1, 0.15) is 39.1 Å². The van der Waals surface area contributed by atoms with Crippen LogP contribution in [-0.4, -0.2) is 67.6 Å². The number of nitriles is 1. The van der Waals surface area contributed by atoms with Gasteiger partial charge in [0.15, 0.2) is 0 Å². The summed E-state index contributed by atoms with van der Waals surface area (Å²) in [6.07, 6.45) is 1.94. The normalized spacial score (nSPS) is 18.7. The van der Waals surface area contributed by atoms with Crippen LogP contribution in [0.4, 0.5) is 0 Å². The fourth-order valence-corrected chi connectivity index (χ4v) is 4.11. The van der Waals surface area contributed by atoms with E-state index in [9.17, 15) is 9.59 Å². The summed E-state index contributed by atoms with van der Waals surface area (Å²) < 4.78 is 11.3. The third-order valence-corrected chi connectivity index (χ3v) is 5.95. The van der Waals surface area contributed by atoms with Crippen molar-refractivity contribution in [2.45, 2.75) is 12.8 Å². The Morgan fingerprint density at radius 1 is 0.938 bits per heavy atom. The maximum atomic E-state index is 12.8. The molecule has 0 aromatic heterocycles. The first kappa shape index (κ1) is 21.8. The lowest BCUT2D eigenvalue weighted by Crippen LogP contribution is -2.41. The van der Waals surface area contributed by atoms with Crippen molar-refractivity contribution in [3.8, 4) is 11.8 Å². The van der Waals surface area contributed by atoms with Crippen LogP contribution in [0.2, 0.25) is 0 Å². The van der Waals surface area contributed by atoms with Crippen molar-refractivity contribution in [2.75, 3.05) is 46.0 Å². The number of carbonyl (C=O) groups excluding carboxylic acids is 2. The fraction of sp³-hybridized carbons (Fsp3) is 0.400. The number of hydrogen-bond acceptors (Lipinski definition) is 5. The zero-order valence-electron chi connectivity index (χ0n) is 18.0. The van der Waals surface area contributed by atoms with Gasteiger partial charge < -0.3 is 19.3 Å². The lowest BCUT2D eigenvalue weighted by atomic mass is 9.98. The molecule has 2 amide bonds. The van der Waals surface area contributed by atoms with E-state index in [-0.39, 0.29) is 17.7 Å². The summed E-state index contributed by atoms with van der Waals surface area (Å²) >= 11 is 0. The molecule has 4 rings (SSSR count). The summed E-state index contributed by atoms with van der Waals surface area (Å²) in [6, 6.07) is 16.1. The van der Waals surface area contributed by atoms with Gasteiger partial charge in [0.25, 0.3) is 11.8 Å². The number of rotatable bonds is 5. The molecule has 0 aliphatic carbocycles. The molecule has 2 fully saturated rings. The predicted molar refractivity (Wildman–Crippen MR) is 118 cm³/mol. The predicted octanol–water partition coefficient (Wildman–Crippen LogP) is 2.96. The Labute approximate surface area is 188 Å². The van der Waals surface area contributed by atoms with Gasteiger partial charge in [-0.2, -0.15) is 5.26 Å². The molecule has 7 heteroatoms. The van der Waals surface area contributed by atoms with Crippen LogP contribution >= 0.6 is 0 Å². The number of hydrogen-bond donors (Lipinski definition) is 0. The number of amides is 2. The van der Waals surface area contributed by atoms with Crippen LogP contribution in [0.25, 0.3) is 0 Å². The highest BCUT2D eigenvalue weighted by atomic mass is 16.5. The number of morpholine rings is 1. The Hall–Kier alpha value is -3.37. The van der Waals surface area contributed by atoms with Crippen LogP contribution in [0.5, 0.6) is 5.75 Å². The minimum absolute atomic E-state index is 0.00910. The maximum Gasteiger partial charge on any atom is 0.254 e.